The van der Waals surface area contributed by atoms with Crippen molar-refractivity contribution in [3.05, 3.63) is 48.6 Å². The standard InChI is InChI=1S/C16H22N2O4S/c1-2-10-17(12-14-7-4-3-5-8-14)23(21,22)18-11-6-9-15(13-18)16(19)20/h2-5,7-8,15H,1,6,9-13H2,(H,19,20). The van der Waals surface area contributed by atoms with Gasteiger partial charge in [-0.25, -0.2) is 0 Å². The maximum atomic E-state index is 12.9. The third-order valence-corrected chi connectivity index (χ3v) is 5.84. The fourth-order valence-electron chi connectivity index (χ4n) is 2.69. The van der Waals surface area contributed by atoms with Gasteiger partial charge in [0.2, 0.25) is 0 Å². The lowest BCUT2D eigenvalue weighted by Gasteiger charge is -2.34. The molecule has 7 heteroatoms. The van der Waals surface area contributed by atoms with Crippen LogP contribution >= 0.6 is 0 Å². The topological polar surface area (TPSA) is 77.9 Å². The van der Waals surface area contributed by atoms with Crippen LogP contribution < -0.4 is 0 Å². The zero-order valence-electron chi connectivity index (χ0n) is 13.0. The van der Waals surface area contributed by atoms with Crippen LogP contribution in [0, 0.1) is 5.92 Å². The van der Waals surface area contributed by atoms with Crippen molar-refractivity contribution >= 4 is 16.2 Å². The van der Waals surface area contributed by atoms with Crippen LogP contribution in [0.1, 0.15) is 18.4 Å². The van der Waals surface area contributed by atoms with E-state index in [2.05, 4.69) is 6.58 Å². The molecule has 6 nitrogen and oxygen atoms in total. The van der Waals surface area contributed by atoms with Gasteiger partial charge in [-0.1, -0.05) is 36.4 Å². The summed E-state index contributed by atoms with van der Waals surface area (Å²) in [5, 5.41) is 9.15. The molecule has 1 aromatic carbocycles. The highest BCUT2D eigenvalue weighted by Crippen LogP contribution is 2.22. The van der Waals surface area contributed by atoms with Gasteiger partial charge in [0.25, 0.3) is 10.2 Å². The summed E-state index contributed by atoms with van der Waals surface area (Å²) in [6.07, 6.45) is 2.62. The minimum Gasteiger partial charge on any atom is -0.481 e. The molecule has 1 saturated heterocycles. The van der Waals surface area contributed by atoms with Crippen molar-refractivity contribution in [2.45, 2.75) is 19.4 Å². The van der Waals surface area contributed by atoms with Crippen LogP contribution in [-0.2, 0) is 21.5 Å². The first kappa shape index (κ1) is 17.7. The molecule has 1 aliphatic rings. The van der Waals surface area contributed by atoms with E-state index in [4.69, 9.17) is 5.11 Å². The third kappa shape index (κ3) is 4.40. The Labute approximate surface area is 137 Å². The molecule has 1 unspecified atom stereocenters. The SMILES string of the molecule is C=CCN(Cc1ccccc1)S(=O)(=O)N1CCCC(C(=O)O)C1. The first-order chi connectivity index (χ1) is 10.9. The average Bonchev–Trinajstić information content (AvgIpc) is 2.55. The Kier molecular flexibility index (Phi) is 5.92. The molecule has 1 N–H and O–H groups in total. The predicted octanol–water partition coefficient (Wildman–Crippen LogP) is 1.72. The molecule has 0 saturated carbocycles. The summed E-state index contributed by atoms with van der Waals surface area (Å²) in [6, 6.07) is 9.31. The van der Waals surface area contributed by atoms with E-state index in [9.17, 15) is 13.2 Å². The van der Waals surface area contributed by atoms with E-state index in [-0.39, 0.29) is 19.6 Å². The van der Waals surface area contributed by atoms with Crippen LogP contribution in [-0.4, -0.2) is 47.7 Å². The van der Waals surface area contributed by atoms with Gasteiger partial charge in [0.1, 0.15) is 0 Å². The third-order valence-electron chi connectivity index (χ3n) is 3.92. The van der Waals surface area contributed by atoms with Gasteiger partial charge in [-0.05, 0) is 18.4 Å². The molecule has 1 atom stereocenters. The van der Waals surface area contributed by atoms with Gasteiger partial charge in [0.05, 0.1) is 5.92 Å². The number of hydrogen-bond acceptors (Lipinski definition) is 3. The zero-order valence-corrected chi connectivity index (χ0v) is 13.8. The van der Waals surface area contributed by atoms with Crippen molar-refractivity contribution in [3.8, 4) is 0 Å². The minimum absolute atomic E-state index is 0.0279. The Bertz CT molecular complexity index is 645. The summed E-state index contributed by atoms with van der Waals surface area (Å²) in [7, 11) is -3.72. The molecule has 126 valence electrons. The van der Waals surface area contributed by atoms with Gasteiger partial charge in [-0.15, -0.1) is 6.58 Å². The van der Waals surface area contributed by atoms with Gasteiger partial charge in [0, 0.05) is 26.2 Å². The van der Waals surface area contributed by atoms with Crippen LogP contribution in [0.15, 0.2) is 43.0 Å². The quantitative estimate of drug-likeness (QED) is 0.768. The molecule has 0 spiro atoms. The molecular weight excluding hydrogens is 316 g/mol. The Balaban J connectivity index is 2.19. The highest BCUT2D eigenvalue weighted by molar-refractivity contribution is 7.86. The van der Waals surface area contributed by atoms with Crippen molar-refractivity contribution in [1.29, 1.82) is 0 Å². The van der Waals surface area contributed by atoms with E-state index < -0.39 is 22.1 Å². The predicted molar refractivity (Wildman–Crippen MR) is 87.9 cm³/mol. The van der Waals surface area contributed by atoms with Crippen LogP contribution in [0.25, 0.3) is 0 Å². The first-order valence-corrected chi connectivity index (χ1v) is 8.97. The van der Waals surface area contributed by atoms with Crippen LogP contribution in [0.4, 0.5) is 0 Å². The molecule has 0 aromatic heterocycles. The number of hydrogen-bond donors (Lipinski definition) is 1. The molecule has 1 heterocycles. The number of benzene rings is 1. The van der Waals surface area contributed by atoms with Crippen LogP contribution in [0.2, 0.25) is 0 Å². The maximum Gasteiger partial charge on any atom is 0.307 e. The van der Waals surface area contributed by atoms with E-state index in [1.165, 1.54) is 8.61 Å². The second-order valence-electron chi connectivity index (χ2n) is 5.61. The first-order valence-electron chi connectivity index (χ1n) is 7.58. The molecule has 1 fully saturated rings. The molecular formula is C16H22N2O4S. The molecule has 0 bridgehead atoms. The number of aliphatic carboxylic acids is 1. The van der Waals surface area contributed by atoms with Gasteiger partial charge < -0.3 is 5.11 Å². The molecule has 1 aromatic rings. The lowest BCUT2D eigenvalue weighted by Crippen LogP contribution is -2.49. The minimum atomic E-state index is -3.72. The number of carboxylic acid groups (broad SMARTS) is 1. The molecule has 23 heavy (non-hydrogen) atoms. The second-order valence-corrected chi connectivity index (χ2v) is 7.54. The van der Waals surface area contributed by atoms with Crippen molar-refractivity contribution in [2.24, 2.45) is 5.92 Å². The van der Waals surface area contributed by atoms with Crippen molar-refractivity contribution in [1.82, 2.24) is 8.61 Å². The second kappa shape index (κ2) is 7.72. The van der Waals surface area contributed by atoms with Gasteiger partial charge in [-0.3, -0.25) is 4.79 Å². The molecule has 0 radical (unpaired) electrons. The van der Waals surface area contributed by atoms with E-state index in [1.807, 2.05) is 30.3 Å². The van der Waals surface area contributed by atoms with E-state index in [0.29, 0.717) is 19.4 Å². The number of carboxylic acids is 1. The lowest BCUT2D eigenvalue weighted by molar-refractivity contribution is -0.142. The van der Waals surface area contributed by atoms with Gasteiger partial charge in [-0.2, -0.15) is 17.0 Å². The normalized spacial score (nSPS) is 19.6. The summed E-state index contributed by atoms with van der Waals surface area (Å²) in [6.45, 7) is 4.43. The fraction of sp³-hybridized carbons (Fsp3) is 0.438. The van der Waals surface area contributed by atoms with E-state index in [1.54, 1.807) is 6.08 Å². The Morgan fingerprint density at radius 1 is 1.39 bits per heavy atom. The molecule has 1 aliphatic heterocycles. The monoisotopic (exact) mass is 338 g/mol. The lowest BCUT2D eigenvalue weighted by atomic mass is 10.0. The number of carbonyl (C=O) groups is 1. The number of piperidine rings is 1. The zero-order chi connectivity index (χ0) is 16.9. The Morgan fingerprint density at radius 2 is 2.09 bits per heavy atom. The summed E-state index contributed by atoms with van der Waals surface area (Å²) in [4.78, 5) is 11.2. The summed E-state index contributed by atoms with van der Waals surface area (Å²) >= 11 is 0. The van der Waals surface area contributed by atoms with Crippen LogP contribution in [0.5, 0.6) is 0 Å². The highest BCUT2D eigenvalue weighted by Gasteiger charge is 2.35. The number of nitrogens with zero attached hydrogens (tertiary/aromatic N) is 2. The summed E-state index contributed by atoms with van der Waals surface area (Å²) in [5.74, 6) is -1.58. The smallest absolute Gasteiger partial charge is 0.307 e. The van der Waals surface area contributed by atoms with E-state index in [0.717, 1.165) is 5.56 Å². The maximum absolute atomic E-state index is 12.9. The fourth-order valence-corrected chi connectivity index (χ4v) is 4.35. The molecule has 0 aliphatic carbocycles. The van der Waals surface area contributed by atoms with Crippen molar-refractivity contribution < 1.29 is 18.3 Å². The van der Waals surface area contributed by atoms with Crippen molar-refractivity contribution in [2.75, 3.05) is 19.6 Å². The molecule has 2 rings (SSSR count). The number of rotatable bonds is 7. The van der Waals surface area contributed by atoms with Gasteiger partial charge in [0.15, 0.2) is 0 Å². The van der Waals surface area contributed by atoms with E-state index >= 15 is 0 Å². The summed E-state index contributed by atoms with van der Waals surface area (Å²) in [5.41, 5.74) is 0.879. The summed E-state index contributed by atoms with van der Waals surface area (Å²) < 4.78 is 28.3. The highest BCUT2D eigenvalue weighted by atomic mass is 32.2. The van der Waals surface area contributed by atoms with Crippen LogP contribution in [0.3, 0.4) is 0 Å². The van der Waals surface area contributed by atoms with Gasteiger partial charge >= 0.3 is 5.97 Å². The largest absolute Gasteiger partial charge is 0.481 e. The Hall–Kier alpha value is -1.70. The molecule has 0 amide bonds. The Morgan fingerprint density at radius 3 is 2.70 bits per heavy atom. The average molecular weight is 338 g/mol. The van der Waals surface area contributed by atoms with Crippen molar-refractivity contribution in [3.63, 3.8) is 0 Å².